The molecular weight excluding hydrogens is 286 g/mol. The van der Waals surface area contributed by atoms with Crippen LogP contribution in [0.1, 0.15) is 57.1 Å². The van der Waals surface area contributed by atoms with Gasteiger partial charge in [0.25, 0.3) is 0 Å². The molecule has 1 amide bonds. The fraction of sp³-hybridized carbons (Fsp3) is 0.650. The third-order valence-electron chi connectivity index (χ3n) is 6.47. The summed E-state index contributed by atoms with van der Waals surface area (Å²) in [7, 11) is 1.69. The van der Waals surface area contributed by atoms with Crippen LogP contribution in [-0.4, -0.2) is 13.0 Å². The van der Waals surface area contributed by atoms with E-state index in [-0.39, 0.29) is 17.4 Å². The third-order valence-corrected chi connectivity index (χ3v) is 6.47. The molecule has 1 atom stereocenters. The van der Waals surface area contributed by atoms with Crippen LogP contribution in [-0.2, 0) is 4.79 Å². The Morgan fingerprint density at radius 3 is 2.26 bits per heavy atom. The van der Waals surface area contributed by atoms with E-state index in [1.807, 2.05) is 24.3 Å². The highest BCUT2D eigenvalue weighted by Gasteiger charge is 2.54. The van der Waals surface area contributed by atoms with Gasteiger partial charge in [-0.1, -0.05) is 18.2 Å². The second-order valence-electron chi connectivity index (χ2n) is 8.13. The first-order chi connectivity index (χ1) is 11.1. The van der Waals surface area contributed by atoms with Gasteiger partial charge in [-0.05, 0) is 69.3 Å². The molecule has 3 nitrogen and oxygen atoms in total. The Morgan fingerprint density at radius 1 is 1.13 bits per heavy atom. The Kier molecular flexibility index (Phi) is 3.62. The SMILES string of the molecule is COc1ccccc1[C@H](C)NC(=O)C12CC3CC(CC(C3)C1)C2. The van der Waals surface area contributed by atoms with Crippen LogP contribution in [0.2, 0.25) is 0 Å². The van der Waals surface area contributed by atoms with E-state index in [0.717, 1.165) is 48.3 Å². The quantitative estimate of drug-likeness (QED) is 0.909. The van der Waals surface area contributed by atoms with Gasteiger partial charge in [0.05, 0.1) is 13.2 Å². The minimum Gasteiger partial charge on any atom is -0.496 e. The highest BCUT2D eigenvalue weighted by molar-refractivity contribution is 5.83. The Labute approximate surface area is 138 Å². The van der Waals surface area contributed by atoms with E-state index >= 15 is 0 Å². The van der Waals surface area contributed by atoms with Crippen molar-refractivity contribution in [3.63, 3.8) is 0 Å². The van der Waals surface area contributed by atoms with E-state index in [1.54, 1.807) is 7.11 Å². The number of hydrogen-bond donors (Lipinski definition) is 1. The highest BCUT2D eigenvalue weighted by Crippen LogP contribution is 2.60. The van der Waals surface area contributed by atoms with Crippen LogP contribution in [0.15, 0.2) is 24.3 Å². The minimum absolute atomic E-state index is 0.00773. The molecule has 0 heterocycles. The van der Waals surface area contributed by atoms with E-state index in [1.165, 1.54) is 19.3 Å². The molecule has 1 N–H and O–H groups in total. The molecule has 0 aromatic heterocycles. The molecule has 124 valence electrons. The van der Waals surface area contributed by atoms with Crippen LogP contribution in [0.25, 0.3) is 0 Å². The van der Waals surface area contributed by atoms with E-state index in [0.29, 0.717) is 0 Å². The standard InChI is InChI=1S/C20H27NO2/c1-13(17-5-3-4-6-18(17)23-2)21-19(22)20-10-14-7-15(11-20)9-16(8-14)12-20/h3-6,13-16H,7-12H2,1-2H3,(H,21,22)/t13-,14?,15?,16?,20?/m0/s1. The number of carbonyl (C=O) groups is 1. The number of para-hydroxylation sites is 1. The molecule has 0 aliphatic heterocycles. The van der Waals surface area contributed by atoms with Crippen LogP contribution >= 0.6 is 0 Å². The lowest BCUT2D eigenvalue weighted by Crippen LogP contribution is -2.53. The lowest BCUT2D eigenvalue weighted by atomic mass is 9.49. The van der Waals surface area contributed by atoms with E-state index < -0.39 is 0 Å². The van der Waals surface area contributed by atoms with Gasteiger partial charge < -0.3 is 10.1 Å². The fourth-order valence-corrected chi connectivity index (χ4v) is 5.84. The highest BCUT2D eigenvalue weighted by atomic mass is 16.5. The summed E-state index contributed by atoms with van der Waals surface area (Å²) in [6.45, 7) is 2.07. The summed E-state index contributed by atoms with van der Waals surface area (Å²) in [5.41, 5.74) is 0.985. The van der Waals surface area contributed by atoms with Gasteiger partial charge in [0.15, 0.2) is 0 Å². The summed E-state index contributed by atoms with van der Waals surface area (Å²) >= 11 is 0. The van der Waals surface area contributed by atoms with Gasteiger partial charge in [-0.15, -0.1) is 0 Å². The summed E-state index contributed by atoms with van der Waals surface area (Å²) in [5, 5.41) is 3.31. The smallest absolute Gasteiger partial charge is 0.226 e. The second kappa shape index (κ2) is 5.54. The van der Waals surface area contributed by atoms with Crippen molar-refractivity contribution < 1.29 is 9.53 Å². The number of amides is 1. The van der Waals surface area contributed by atoms with Crippen LogP contribution in [0.5, 0.6) is 5.75 Å². The van der Waals surface area contributed by atoms with Crippen molar-refractivity contribution in [2.75, 3.05) is 7.11 Å². The zero-order valence-corrected chi connectivity index (χ0v) is 14.2. The molecule has 3 heteroatoms. The molecular formula is C20H27NO2. The van der Waals surface area contributed by atoms with E-state index in [9.17, 15) is 4.79 Å². The van der Waals surface area contributed by atoms with Crippen molar-refractivity contribution in [2.24, 2.45) is 23.2 Å². The summed E-state index contributed by atoms with van der Waals surface area (Å²) in [5.74, 6) is 3.54. The number of carbonyl (C=O) groups excluding carboxylic acids is 1. The summed E-state index contributed by atoms with van der Waals surface area (Å²) < 4.78 is 5.45. The first-order valence-electron chi connectivity index (χ1n) is 9.03. The lowest BCUT2D eigenvalue weighted by molar-refractivity contribution is -0.147. The van der Waals surface area contributed by atoms with Crippen LogP contribution in [0.3, 0.4) is 0 Å². The molecule has 4 saturated carbocycles. The Bertz CT molecular complexity index is 574. The molecule has 1 aromatic carbocycles. The summed E-state index contributed by atoms with van der Waals surface area (Å²) in [6, 6.07) is 7.97. The van der Waals surface area contributed by atoms with Crippen molar-refractivity contribution in [3.8, 4) is 5.75 Å². The topological polar surface area (TPSA) is 38.3 Å². The first kappa shape index (κ1) is 15.0. The van der Waals surface area contributed by atoms with Gasteiger partial charge in [0.1, 0.15) is 5.75 Å². The van der Waals surface area contributed by atoms with Crippen molar-refractivity contribution in [3.05, 3.63) is 29.8 Å². The van der Waals surface area contributed by atoms with Crippen molar-refractivity contribution in [1.82, 2.24) is 5.32 Å². The van der Waals surface area contributed by atoms with Crippen molar-refractivity contribution >= 4 is 5.91 Å². The van der Waals surface area contributed by atoms with Gasteiger partial charge in [0.2, 0.25) is 5.91 Å². The monoisotopic (exact) mass is 313 g/mol. The molecule has 4 bridgehead atoms. The van der Waals surface area contributed by atoms with Gasteiger partial charge in [0, 0.05) is 11.0 Å². The zero-order chi connectivity index (χ0) is 16.0. The Hall–Kier alpha value is -1.51. The Balaban J connectivity index is 1.51. The molecule has 1 aromatic rings. The lowest BCUT2D eigenvalue weighted by Gasteiger charge is -2.55. The van der Waals surface area contributed by atoms with E-state index in [4.69, 9.17) is 4.74 Å². The number of nitrogens with one attached hydrogen (secondary N) is 1. The molecule has 0 radical (unpaired) electrons. The molecule has 0 saturated heterocycles. The maximum atomic E-state index is 13.1. The summed E-state index contributed by atoms with van der Waals surface area (Å²) in [6.07, 6.45) is 7.45. The summed E-state index contributed by atoms with van der Waals surface area (Å²) in [4.78, 5) is 13.1. The van der Waals surface area contributed by atoms with Gasteiger partial charge in [-0.3, -0.25) is 4.79 Å². The van der Waals surface area contributed by atoms with Crippen LogP contribution < -0.4 is 10.1 Å². The van der Waals surface area contributed by atoms with Crippen molar-refractivity contribution in [1.29, 1.82) is 0 Å². The molecule has 0 unspecified atom stereocenters. The molecule has 4 fully saturated rings. The number of benzene rings is 1. The molecule has 4 aliphatic rings. The van der Waals surface area contributed by atoms with Crippen molar-refractivity contribution in [2.45, 2.75) is 51.5 Å². The molecule has 23 heavy (non-hydrogen) atoms. The van der Waals surface area contributed by atoms with Crippen LogP contribution in [0.4, 0.5) is 0 Å². The maximum absolute atomic E-state index is 13.1. The largest absolute Gasteiger partial charge is 0.496 e. The maximum Gasteiger partial charge on any atom is 0.226 e. The van der Waals surface area contributed by atoms with Crippen LogP contribution in [0, 0.1) is 23.2 Å². The Morgan fingerprint density at radius 2 is 1.70 bits per heavy atom. The average Bonchev–Trinajstić information content (AvgIpc) is 2.53. The number of methoxy groups -OCH3 is 1. The predicted molar refractivity (Wildman–Crippen MR) is 90.2 cm³/mol. The number of rotatable bonds is 4. The van der Waals surface area contributed by atoms with Gasteiger partial charge in [-0.25, -0.2) is 0 Å². The first-order valence-corrected chi connectivity index (χ1v) is 9.03. The molecule has 5 rings (SSSR count). The normalized spacial score (nSPS) is 35.8. The predicted octanol–water partition coefficient (Wildman–Crippen LogP) is 4.09. The fourth-order valence-electron chi connectivity index (χ4n) is 5.84. The van der Waals surface area contributed by atoms with E-state index in [2.05, 4.69) is 12.2 Å². The molecule has 4 aliphatic carbocycles. The second-order valence-corrected chi connectivity index (χ2v) is 8.13. The minimum atomic E-state index is -0.0783. The van der Waals surface area contributed by atoms with Gasteiger partial charge in [-0.2, -0.15) is 0 Å². The van der Waals surface area contributed by atoms with Gasteiger partial charge >= 0.3 is 0 Å². The molecule has 0 spiro atoms. The average molecular weight is 313 g/mol. The number of ether oxygens (including phenoxy) is 1. The number of hydrogen-bond acceptors (Lipinski definition) is 2. The zero-order valence-electron chi connectivity index (χ0n) is 14.2. The third kappa shape index (κ3) is 2.54.